The molecule has 8 nitrogen and oxygen atoms in total. The van der Waals surface area contributed by atoms with Crippen LogP contribution >= 0.6 is 0 Å². The van der Waals surface area contributed by atoms with Crippen LogP contribution in [-0.2, 0) is 14.9 Å². The number of hydrogen-bond donors (Lipinski definition) is 1. The van der Waals surface area contributed by atoms with Crippen LogP contribution in [0.5, 0.6) is 0 Å². The predicted octanol–water partition coefficient (Wildman–Crippen LogP) is 3.67. The Kier molecular flexibility index (Phi) is 6.02. The van der Waals surface area contributed by atoms with Crippen LogP contribution in [0.2, 0.25) is 0 Å². The predicted molar refractivity (Wildman–Crippen MR) is 130 cm³/mol. The molecule has 180 valence electrons. The topological polar surface area (TPSA) is 87.7 Å². The van der Waals surface area contributed by atoms with Crippen molar-refractivity contribution < 1.29 is 14.3 Å². The molecule has 1 aliphatic carbocycles. The van der Waals surface area contributed by atoms with Crippen molar-refractivity contribution in [2.45, 2.75) is 56.4 Å². The Morgan fingerprint density at radius 1 is 1.09 bits per heavy atom. The Bertz CT molecular complexity index is 1030. The number of ether oxygens (including phenoxy) is 1. The van der Waals surface area contributed by atoms with E-state index in [1.807, 2.05) is 0 Å². The van der Waals surface area contributed by atoms with E-state index in [0.717, 1.165) is 38.5 Å². The van der Waals surface area contributed by atoms with E-state index in [1.165, 1.54) is 10.5 Å². The van der Waals surface area contributed by atoms with Gasteiger partial charge in [0.2, 0.25) is 11.9 Å². The molecule has 34 heavy (non-hydrogen) atoms. The number of nitrogens with zero attached hydrogens (tertiary/aromatic N) is 4. The average Bonchev–Trinajstić information content (AvgIpc) is 3.22. The van der Waals surface area contributed by atoms with Crippen LogP contribution in [-0.4, -0.2) is 54.3 Å². The summed E-state index contributed by atoms with van der Waals surface area (Å²) >= 11 is 0. The molecule has 0 radical (unpaired) electrons. The fraction of sp³-hybridized carbons (Fsp3) is 0.538. The van der Waals surface area contributed by atoms with Gasteiger partial charge in [-0.05, 0) is 49.5 Å². The van der Waals surface area contributed by atoms with E-state index in [1.54, 1.807) is 24.3 Å². The second-order valence-electron chi connectivity index (χ2n) is 10.2. The number of anilines is 2. The van der Waals surface area contributed by atoms with Gasteiger partial charge >= 0.3 is 6.03 Å². The van der Waals surface area contributed by atoms with Gasteiger partial charge < -0.3 is 10.1 Å². The van der Waals surface area contributed by atoms with Crippen LogP contribution < -0.4 is 15.1 Å². The fourth-order valence-corrected chi connectivity index (χ4v) is 5.55. The van der Waals surface area contributed by atoms with Crippen LogP contribution in [0.25, 0.3) is 0 Å². The van der Waals surface area contributed by atoms with Gasteiger partial charge in [0.05, 0.1) is 30.2 Å². The van der Waals surface area contributed by atoms with Crippen LogP contribution in [0, 0.1) is 5.92 Å². The molecule has 3 aliphatic rings. The van der Waals surface area contributed by atoms with E-state index >= 15 is 0 Å². The van der Waals surface area contributed by atoms with Gasteiger partial charge in [-0.1, -0.05) is 37.3 Å². The minimum Gasteiger partial charge on any atom is -0.381 e. The maximum absolute atomic E-state index is 12.9. The third-order valence-corrected chi connectivity index (χ3v) is 8.00. The van der Waals surface area contributed by atoms with Crippen molar-refractivity contribution in [3.63, 3.8) is 0 Å². The number of aromatic nitrogens is 2. The third kappa shape index (κ3) is 4.27. The second-order valence-corrected chi connectivity index (χ2v) is 10.2. The number of nitrogens with one attached hydrogen (secondary N) is 1. The van der Waals surface area contributed by atoms with Gasteiger partial charge in [-0.25, -0.2) is 14.8 Å². The Morgan fingerprint density at radius 2 is 1.74 bits per heavy atom. The molecule has 1 saturated carbocycles. The molecule has 0 unspecified atom stereocenters. The standard InChI is InChI=1S/C26H33N5O3/c1-25(20-6-4-3-5-7-20)10-12-26(13-11-25)18-31(24(33)29-26)21-16-27-23(28-17-21)30(2)22(32)19-8-14-34-15-9-19/h3-7,16-17,19H,8-15,18H2,1-2H3,(H,29,33). The maximum atomic E-state index is 12.9. The van der Waals surface area contributed by atoms with Gasteiger partial charge in [-0.3, -0.25) is 14.6 Å². The number of hydrogen-bond acceptors (Lipinski definition) is 5. The van der Waals surface area contributed by atoms with E-state index < -0.39 is 0 Å². The summed E-state index contributed by atoms with van der Waals surface area (Å²) in [5, 5.41) is 3.26. The number of urea groups is 1. The van der Waals surface area contributed by atoms with Crippen molar-refractivity contribution in [2.75, 3.05) is 36.6 Å². The number of benzene rings is 1. The van der Waals surface area contributed by atoms with E-state index in [9.17, 15) is 9.59 Å². The van der Waals surface area contributed by atoms with E-state index in [4.69, 9.17) is 4.74 Å². The van der Waals surface area contributed by atoms with E-state index in [2.05, 4.69) is 52.5 Å². The molecule has 1 aromatic heterocycles. The summed E-state index contributed by atoms with van der Waals surface area (Å²) in [5.74, 6) is 0.308. The van der Waals surface area contributed by atoms with Gasteiger partial charge in [-0.15, -0.1) is 0 Å². The van der Waals surface area contributed by atoms with Crippen LogP contribution in [0.1, 0.15) is 51.0 Å². The maximum Gasteiger partial charge on any atom is 0.322 e. The summed E-state index contributed by atoms with van der Waals surface area (Å²) in [5.41, 5.74) is 1.94. The highest BCUT2D eigenvalue weighted by atomic mass is 16.5. The summed E-state index contributed by atoms with van der Waals surface area (Å²) in [6.07, 6.45) is 8.65. The molecule has 2 aliphatic heterocycles. The first-order valence-electron chi connectivity index (χ1n) is 12.2. The summed E-state index contributed by atoms with van der Waals surface area (Å²) in [7, 11) is 1.70. The lowest BCUT2D eigenvalue weighted by molar-refractivity contribution is -0.124. The minimum absolute atomic E-state index is 0.0117. The highest BCUT2D eigenvalue weighted by molar-refractivity contribution is 5.95. The Hall–Kier alpha value is -3.00. The molecule has 1 aromatic carbocycles. The van der Waals surface area contributed by atoms with E-state index in [-0.39, 0.29) is 28.8 Å². The van der Waals surface area contributed by atoms with Crippen molar-refractivity contribution in [3.05, 3.63) is 48.3 Å². The summed E-state index contributed by atoms with van der Waals surface area (Å²) in [6, 6.07) is 10.6. The Morgan fingerprint density at radius 3 is 2.38 bits per heavy atom. The highest BCUT2D eigenvalue weighted by Crippen LogP contribution is 2.44. The highest BCUT2D eigenvalue weighted by Gasteiger charge is 2.48. The van der Waals surface area contributed by atoms with Gasteiger partial charge in [-0.2, -0.15) is 0 Å². The summed E-state index contributed by atoms with van der Waals surface area (Å²) < 4.78 is 5.35. The lowest BCUT2D eigenvalue weighted by atomic mass is 9.65. The molecule has 3 fully saturated rings. The third-order valence-electron chi connectivity index (χ3n) is 8.00. The molecule has 5 rings (SSSR count). The molecule has 0 bridgehead atoms. The SMILES string of the molecule is CN(C(=O)C1CCOCC1)c1ncc(N2CC3(CCC(C)(c4ccccc4)CC3)NC2=O)cn1. The fourth-order valence-electron chi connectivity index (χ4n) is 5.55. The van der Waals surface area contributed by atoms with Gasteiger partial charge in [0, 0.05) is 26.2 Å². The monoisotopic (exact) mass is 463 g/mol. The molecular weight excluding hydrogens is 430 g/mol. The largest absolute Gasteiger partial charge is 0.381 e. The first kappa shape index (κ1) is 22.8. The number of carbonyl (C=O) groups is 2. The summed E-state index contributed by atoms with van der Waals surface area (Å²) in [4.78, 5) is 37.7. The lowest BCUT2D eigenvalue weighted by Crippen LogP contribution is -2.49. The molecule has 1 N–H and O–H groups in total. The first-order valence-corrected chi connectivity index (χ1v) is 12.2. The first-order chi connectivity index (χ1) is 16.4. The van der Waals surface area contributed by atoms with Gasteiger partial charge in [0.25, 0.3) is 0 Å². The van der Waals surface area contributed by atoms with Gasteiger partial charge in [0.1, 0.15) is 0 Å². The van der Waals surface area contributed by atoms with Crippen molar-refractivity contribution in [2.24, 2.45) is 5.92 Å². The van der Waals surface area contributed by atoms with Gasteiger partial charge in [0.15, 0.2) is 0 Å². The van der Waals surface area contributed by atoms with Crippen LogP contribution in [0.15, 0.2) is 42.7 Å². The second kappa shape index (κ2) is 8.98. The molecule has 0 atom stereocenters. The Labute approximate surface area is 200 Å². The van der Waals surface area contributed by atoms with Crippen molar-refractivity contribution >= 4 is 23.6 Å². The van der Waals surface area contributed by atoms with Crippen molar-refractivity contribution in [1.82, 2.24) is 15.3 Å². The van der Waals surface area contributed by atoms with Crippen molar-refractivity contribution in [3.8, 4) is 0 Å². The zero-order chi connectivity index (χ0) is 23.8. The summed E-state index contributed by atoms with van der Waals surface area (Å²) in [6.45, 7) is 4.16. The molecule has 2 saturated heterocycles. The van der Waals surface area contributed by atoms with Crippen LogP contribution in [0.4, 0.5) is 16.4 Å². The number of carbonyl (C=O) groups excluding carboxylic acids is 2. The van der Waals surface area contributed by atoms with E-state index in [0.29, 0.717) is 31.4 Å². The smallest absolute Gasteiger partial charge is 0.322 e. The molecule has 2 aromatic rings. The molecule has 3 heterocycles. The van der Waals surface area contributed by atoms with Crippen LogP contribution in [0.3, 0.4) is 0 Å². The molecule has 8 heteroatoms. The molecular formula is C26H33N5O3. The lowest BCUT2D eigenvalue weighted by Gasteiger charge is -2.43. The number of rotatable bonds is 4. The normalized spacial score (nSPS) is 27.6. The zero-order valence-corrected chi connectivity index (χ0v) is 20.0. The zero-order valence-electron chi connectivity index (χ0n) is 20.0. The molecule has 3 amide bonds. The quantitative estimate of drug-likeness (QED) is 0.748. The van der Waals surface area contributed by atoms with Crippen molar-refractivity contribution in [1.29, 1.82) is 0 Å². The Balaban J connectivity index is 1.24. The molecule has 1 spiro atoms. The minimum atomic E-state index is -0.222. The number of amides is 3. The average molecular weight is 464 g/mol.